The third-order valence-electron chi connectivity index (χ3n) is 13.2. The Bertz CT molecular complexity index is 3620. The lowest BCUT2D eigenvalue weighted by atomic mass is 9.87. The van der Waals surface area contributed by atoms with Gasteiger partial charge in [-0.25, -0.2) is 23.5 Å². The van der Waals surface area contributed by atoms with Crippen molar-refractivity contribution in [3.63, 3.8) is 0 Å². The van der Waals surface area contributed by atoms with Gasteiger partial charge in [0.15, 0.2) is 16.9 Å². The normalized spacial score (nSPS) is 17.2. The van der Waals surface area contributed by atoms with Crippen molar-refractivity contribution in [3.8, 4) is 22.5 Å². The quantitative estimate of drug-likeness (QED) is 0.00361. The number of phosphoric ester groups is 1. The molecule has 0 spiro atoms. The first-order valence-corrected chi connectivity index (χ1v) is 33.1. The van der Waals surface area contributed by atoms with Crippen LogP contribution in [0, 0.1) is 19.3 Å². The molecule has 2 aromatic carbocycles. The highest BCUT2D eigenvalue weighted by Gasteiger charge is 2.44. The number of phosphoric acid groups is 3. The second-order valence-electron chi connectivity index (χ2n) is 19.9. The monoisotopic (exact) mass is 1290 g/mol. The van der Waals surface area contributed by atoms with E-state index in [2.05, 4.69) is 23.6 Å². The van der Waals surface area contributed by atoms with Crippen LogP contribution in [-0.4, -0.2) is 144 Å². The number of aryl methyl sites for hydroxylation is 1. The first-order valence-electron chi connectivity index (χ1n) is 26.2. The van der Waals surface area contributed by atoms with E-state index in [-0.39, 0.29) is 110 Å². The minimum Gasteiger partial charge on any atom is -0.478 e. The van der Waals surface area contributed by atoms with Gasteiger partial charge < -0.3 is 74.4 Å². The zero-order valence-corrected chi connectivity index (χ0v) is 50.8. The van der Waals surface area contributed by atoms with Gasteiger partial charge in [-0.2, -0.15) is 13.6 Å². The number of Topliss-reactive ketones (excluding diaryl/α,β-unsaturated/α-hetero) is 2. The Balaban J connectivity index is 0.738. The van der Waals surface area contributed by atoms with Crippen molar-refractivity contribution >= 4 is 96.4 Å². The number of hydrogen-bond donors (Lipinski definition) is 9. The molecule has 2 aliphatic heterocycles. The van der Waals surface area contributed by atoms with Crippen LogP contribution in [0.3, 0.4) is 0 Å². The number of nitrogens with one attached hydrogen (secondary N) is 2. The third-order valence-corrected chi connectivity index (χ3v) is 20.0. The molecular weight excluding hydrogens is 1220 g/mol. The Morgan fingerprint density at radius 3 is 2.21 bits per heavy atom. The van der Waals surface area contributed by atoms with Crippen molar-refractivity contribution in [2.75, 3.05) is 76.9 Å². The van der Waals surface area contributed by atoms with E-state index in [0.29, 0.717) is 82.9 Å². The van der Waals surface area contributed by atoms with Crippen LogP contribution in [0.15, 0.2) is 58.0 Å². The number of H-pyrrole nitrogens is 1. The molecule has 1 aliphatic carbocycles. The summed E-state index contributed by atoms with van der Waals surface area (Å²) < 4.78 is 89.6. The maximum Gasteiger partial charge on any atom is 0.490 e. The molecule has 11 N–H and O–H groups in total. The van der Waals surface area contributed by atoms with Crippen molar-refractivity contribution in [3.05, 3.63) is 86.8 Å². The molecule has 85 heavy (non-hydrogen) atoms. The van der Waals surface area contributed by atoms with E-state index >= 15 is 0 Å². The fourth-order valence-corrected chi connectivity index (χ4v) is 14.2. The number of aromatic nitrogens is 4. The van der Waals surface area contributed by atoms with Crippen molar-refractivity contribution < 1.29 is 98.7 Å². The number of benzene rings is 3. The van der Waals surface area contributed by atoms with Gasteiger partial charge >= 0.3 is 29.4 Å². The summed E-state index contributed by atoms with van der Waals surface area (Å²) in [5.74, 6) is -1.16. The van der Waals surface area contributed by atoms with Gasteiger partial charge in [0.25, 0.3) is 5.56 Å². The van der Waals surface area contributed by atoms with Gasteiger partial charge in [0.2, 0.25) is 5.95 Å². The third kappa shape index (κ3) is 18.9. The second-order valence-corrected chi connectivity index (χ2v) is 27.3. The van der Waals surface area contributed by atoms with Gasteiger partial charge in [0.05, 0.1) is 76.2 Å². The predicted octanol–water partition coefficient (Wildman–Crippen LogP) is 7.20. The average molecular weight is 1290 g/mol. The van der Waals surface area contributed by atoms with E-state index in [1.165, 1.54) is 38.5 Å². The molecule has 0 amide bonds. The number of aromatic carboxylic acids is 1. The van der Waals surface area contributed by atoms with Gasteiger partial charge in [0.1, 0.15) is 35.4 Å². The molecule has 0 saturated carbocycles. The number of anilines is 2. The maximum absolute atomic E-state index is 13.3. The standard InChI is InChI=1S/C51H66N7O22P3S2/c1-29-37(52)11-9-34-43(35-10-12-38(53)30(2)46(35)78-45(29)34)33-8-7-31(24-36(33)49(62)63)39(60)6-5-16-71-18-20-73-22-23-74-21-19-72-17-14-32(59)13-15-51(3,4)85-84-28-75-40-25-42(58-27-55-44-47(58)56-50(54)57-48(44)61)77-41(40)26-76-82(67,68)80-83(69,70)79-81(64,65)66/h7-12,24,27,40-42,52H,5-6,13-23,25-26,28,53H2,1-4H3,(H,62,63)(H,67,68)(H,69,70)(H2,64,65,66)(H3,54,56,57,61)/t40?,41-,42-/m1/s1. The van der Waals surface area contributed by atoms with E-state index in [0.717, 1.165) is 0 Å². The van der Waals surface area contributed by atoms with Crippen LogP contribution < -0.4 is 22.4 Å². The number of fused-ring (bicyclic) bond motifs is 3. The number of nitrogens with two attached hydrogens (primary N) is 2. The molecule has 464 valence electrons. The zero-order chi connectivity index (χ0) is 61.9. The first-order chi connectivity index (χ1) is 40.1. The van der Waals surface area contributed by atoms with Crippen molar-refractivity contribution in [1.29, 1.82) is 5.41 Å². The summed E-state index contributed by atoms with van der Waals surface area (Å²) in [7, 11) is -14.2. The number of carboxylic acids is 1. The van der Waals surface area contributed by atoms with E-state index in [4.69, 9.17) is 64.0 Å². The van der Waals surface area contributed by atoms with Crippen LogP contribution in [0.2, 0.25) is 0 Å². The SMILES string of the molecule is Cc1c2oc3c(C)c(N)ccc3c(-c3ccc(C(=O)CCCOCCOCCOCCOCCC(=O)CCC(C)(C)SSCOC4C[C@H](n5cnc6c(=O)[nH]c(N)nc65)O[C@@H]4COP(=O)(O)OP(=O)(O)OP(=O)(O)O)cc3C(=O)O)c-2ccc1=N. The minimum absolute atomic E-state index is 0.00243. The number of rotatable bonds is 35. The van der Waals surface area contributed by atoms with E-state index in [1.54, 1.807) is 43.3 Å². The van der Waals surface area contributed by atoms with Crippen molar-refractivity contribution in [2.45, 2.75) is 89.4 Å². The number of aromatic amines is 1. The Labute approximate surface area is 493 Å². The summed E-state index contributed by atoms with van der Waals surface area (Å²) in [5, 5.41) is 19.6. The second kappa shape index (κ2) is 29.6. The number of carbonyl (C=O) groups is 3. The number of ether oxygens (including phenoxy) is 6. The predicted molar refractivity (Wildman–Crippen MR) is 311 cm³/mol. The Morgan fingerprint density at radius 2 is 1.53 bits per heavy atom. The van der Waals surface area contributed by atoms with E-state index in [9.17, 15) is 47.8 Å². The largest absolute Gasteiger partial charge is 0.490 e. The molecule has 1 saturated heterocycles. The molecule has 29 nitrogen and oxygen atoms in total. The molecule has 4 heterocycles. The van der Waals surface area contributed by atoms with Crippen molar-refractivity contribution in [2.24, 2.45) is 0 Å². The summed E-state index contributed by atoms with van der Waals surface area (Å²) in [5.41, 5.74) is 15.4. The molecule has 7 rings (SSSR count). The smallest absolute Gasteiger partial charge is 0.478 e. The molecular formula is C51H66N7O22P3S2. The van der Waals surface area contributed by atoms with Crippen LogP contribution in [0.25, 0.3) is 44.6 Å². The van der Waals surface area contributed by atoms with Crippen LogP contribution in [0.4, 0.5) is 11.6 Å². The lowest BCUT2D eigenvalue weighted by Gasteiger charge is -2.24. The van der Waals surface area contributed by atoms with Crippen LogP contribution in [0.5, 0.6) is 0 Å². The van der Waals surface area contributed by atoms with E-state index in [1.807, 2.05) is 20.8 Å². The van der Waals surface area contributed by atoms with Gasteiger partial charge in [-0.1, -0.05) is 33.7 Å². The molecule has 0 radical (unpaired) electrons. The summed E-state index contributed by atoms with van der Waals surface area (Å²) in [6, 6.07) is 11.5. The number of imidazole rings is 1. The summed E-state index contributed by atoms with van der Waals surface area (Å²) in [4.78, 5) is 98.9. The van der Waals surface area contributed by atoms with Gasteiger partial charge in [-0.3, -0.25) is 28.5 Å². The lowest BCUT2D eigenvalue weighted by molar-refractivity contribution is -0.120. The highest BCUT2D eigenvalue weighted by Crippen LogP contribution is 2.66. The minimum atomic E-state index is -5.79. The summed E-state index contributed by atoms with van der Waals surface area (Å²) in [6.45, 7) is 8.93. The average Bonchev–Trinajstić information content (AvgIpc) is 1.42. The van der Waals surface area contributed by atoms with Gasteiger partial charge in [0, 0.05) is 75.9 Å². The fourth-order valence-electron chi connectivity index (χ4n) is 8.86. The number of carbonyl (C=O) groups excluding carboxylic acids is 2. The number of carboxylic acid groups (broad SMARTS) is 1. The molecule has 34 heteroatoms. The zero-order valence-electron chi connectivity index (χ0n) is 46.5. The summed E-state index contributed by atoms with van der Waals surface area (Å²) >= 11 is 0. The number of ketones is 2. The molecule has 2 aromatic heterocycles. The molecule has 3 unspecified atom stereocenters. The van der Waals surface area contributed by atoms with Gasteiger partial charge in [-0.15, -0.1) is 0 Å². The summed E-state index contributed by atoms with van der Waals surface area (Å²) in [6.07, 6.45) is -0.164. The maximum atomic E-state index is 13.3. The topological polar surface area (TPSA) is 439 Å². The Kier molecular flexibility index (Phi) is 23.5. The van der Waals surface area contributed by atoms with Gasteiger partial charge in [-0.05, 0) is 76.4 Å². The molecule has 1 fully saturated rings. The number of nitrogens with zero attached hydrogens (tertiary/aromatic N) is 3. The van der Waals surface area contributed by atoms with Crippen LogP contribution in [0.1, 0.15) is 90.4 Å². The Hall–Kier alpha value is -5.24. The molecule has 4 aromatic rings. The lowest BCUT2D eigenvalue weighted by Crippen LogP contribution is -2.29. The number of nitrogen functional groups attached to an aromatic ring is 2. The first kappa shape index (κ1) is 67.3. The van der Waals surface area contributed by atoms with Crippen LogP contribution in [-0.2, 0) is 60.1 Å². The van der Waals surface area contributed by atoms with Crippen LogP contribution >= 0.6 is 45.1 Å². The Morgan fingerprint density at radius 1 is 0.859 bits per heavy atom. The molecule has 0 bridgehead atoms. The molecule has 3 aliphatic rings. The number of hydrogen-bond acceptors (Lipinski definition) is 24. The highest BCUT2D eigenvalue weighted by atomic mass is 33.1. The fraction of sp³-hybridized carbons (Fsp3) is 0.471. The van der Waals surface area contributed by atoms with E-state index < -0.39 is 64.8 Å². The van der Waals surface area contributed by atoms with Crippen molar-refractivity contribution in [1.82, 2.24) is 19.5 Å². The molecule has 5 atom stereocenters. The highest BCUT2D eigenvalue weighted by molar-refractivity contribution is 8.77.